The van der Waals surface area contributed by atoms with E-state index in [1.165, 1.54) is 0 Å². The average Bonchev–Trinajstić information content (AvgIpc) is 2.47. The van der Waals surface area contributed by atoms with Gasteiger partial charge in [-0.05, 0) is 13.0 Å². The van der Waals surface area contributed by atoms with Gasteiger partial charge in [0, 0.05) is 12.2 Å². The number of aromatic nitrogens is 2. The zero-order valence-corrected chi connectivity index (χ0v) is 6.92. The summed E-state index contributed by atoms with van der Waals surface area (Å²) in [5.41, 5.74) is 1.29. The molecule has 64 valence electrons. The molecule has 2 N–H and O–H groups in total. The lowest BCUT2D eigenvalue weighted by molar-refractivity contribution is 0.0953. The lowest BCUT2D eigenvalue weighted by Crippen LogP contribution is -2.23. The molecule has 0 saturated heterocycles. The number of H-pyrrole nitrogens is 1. The van der Waals surface area contributed by atoms with Crippen molar-refractivity contribution >= 4 is 5.91 Å². The summed E-state index contributed by atoms with van der Waals surface area (Å²) in [7, 11) is 0. The maximum Gasteiger partial charge on any atom is 0.272 e. The molecule has 0 unspecified atom stereocenters. The Morgan fingerprint density at radius 3 is 3.17 bits per heavy atom. The second kappa shape index (κ2) is 3.71. The highest BCUT2D eigenvalue weighted by atomic mass is 16.1. The number of nitrogens with one attached hydrogen (secondary N) is 2. The van der Waals surface area contributed by atoms with Crippen LogP contribution in [0.5, 0.6) is 0 Å². The van der Waals surface area contributed by atoms with Crippen molar-refractivity contribution in [3.8, 4) is 0 Å². The van der Waals surface area contributed by atoms with Gasteiger partial charge in [0.05, 0.1) is 0 Å². The first-order valence-electron chi connectivity index (χ1n) is 3.65. The summed E-state index contributed by atoms with van der Waals surface area (Å²) in [6, 6.07) is 1.69. The molecule has 1 rings (SSSR count). The van der Waals surface area contributed by atoms with Gasteiger partial charge in [-0.15, -0.1) is 6.58 Å². The van der Waals surface area contributed by atoms with Crippen molar-refractivity contribution in [1.29, 1.82) is 0 Å². The monoisotopic (exact) mass is 165 g/mol. The fourth-order valence-electron chi connectivity index (χ4n) is 0.790. The van der Waals surface area contributed by atoms with E-state index in [-0.39, 0.29) is 5.91 Å². The molecule has 0 atom stereocenters. The van der Waals surface area contributed by atoms with Crippen LogP contribution in [0.2, 0.25) is 0 Å². The molecule has 0 saturated carbocycles. The number of nitrogens with zero attached hydrogens (tertiary/aromatic N) is 1. The van der Waals surface area contributed by atoms with E-state index >= 15 is 0 Å². The Morgan fingerprint density at radius 2 is 2.67 bits per heavy atom. The molecular formula is C8H11N3O. The number of carbonyl (C=O) groups is 1. The molecule has 12 heavy (non-hydrogen) atoms. The number of aryl methyl sites for hydroxylation is 1. The normalized spacial score (nSPS) is 9.42. The number of rotatable bonds is 3. The van der Waals surface area contributed by atoms with E-state index in [2.05, 4.69) is 22.1 Å². The largest absolute Gasteiger partial charge is 0.347 e. The summed E-state index contributed by atoms with van der Waals surface area (Å²) >= 11 is 0. The number of carbonyl (C=O) groups excluding carboxylic acids is 1. The summed E-state index contributed by atoms with van der Waals surface area (Å²) in [5.74, 6) is -0.181. The van der Waals surface area contributed by atoms with Gasteiger partial charge < -0.3 is 5.32 Å². The number of amides is 1. The highest BCUT2D eigenvalue weighted by Crippen LogP contribution is 1.96. The van der Waals surface area contributed by atoms with Gasteiger partial charge >= 0.3 is 0 Å². The van der Waals surface area contributed by atoms with E-state index in [9.17, 15) is 4.79 Å². The maximum atomic E-state index is 11.2. The predicted molar refractivity (Wildman–Crippen MR) is 45.9 cm³/mol. The SMILES string of the molecule is C=CCNC(=O)c1cc(C)[nH]n1. The Labute approximate surface area is 70.7 Å². The highest BCUT2D eigenvalue weighted by Gasteiger charge is 2.06. The quantitative estimate of drug-likeness (QED) is 0.645. The fourth-order valence-corrected chi connectivity index (χ4v) is 0.790. The summed E-state index contributed by atoms with van der Waals surface area (Å²) in [4.78, 5) is 11.2. The zero-order chi connectivity index (χ0) is 8.97. The van der Waals surface area contributed by atoms with Gasteiger partial charge in [0.2, 0.25) is 0 Å². The third-order valence-electron chi connectivity index (χ3n) is 1.35. The molecule has 0 aliphatic carbocycles. The van der Waals surface area contributed by atoms with Gasteiger partial charge in [0.1, 0.15) is 5.69 Å². The number of aromatic amines is 1. The molecule has 1 amide bonds. The Hall–Kier alpha value is -1.58. The predicted octanol–water partition coefficient (Wildman–Crippen LogP) is 0.634. The van der Waals surface area contributed by atoms with Crippen molar-refractivity contribution in [2.45, 2.75) is 6.92 Å². The van der Waals surface area contributed by atoms with Crippen LogP contribution in [0.15, 0.2) is 18.7 Å². The molecule has 4 nitrogen and oxygen atoms in total. The zero-order valence-electron chi connectivity index (χ0n) is 6.92. The van der Waals surface area contributed by atoms with Crippen molar-refractivity contribution in [3.05, 3.63) is 30.1 Å². The molecule has 0 radical (unpaired) electrons. The van der Waals surface area contributed by atoms with Gasteiger partial charge in [-0.3, -0.25) is 9.89 Å². The van der Waals surface area contributed by atoms with Gasteiger partial charge in [-0.25, -0.2) is 0 Å². The van der Waals surface area contributed by atoms with Gasteiger partial charge in [0.15, 0.2) is 0 Å². The Morgan fingerprint density at radius 1 is 1.92 bits per heavy atom. The van der Waals surface area contributed by atoms with Crippen LogP contribution in [-0.2, 0) is 0 Å². The molecular weight excluding hydrogens is 154 g/mol. The van der Waals surface area contributed by atoms with Crippen molar-refractivity contribution < 1.29 is 4.79 Å². The first kappa shape index (κ1) is 8.52. The van der Waals surface area contributed by atoms with Crippen LogP contribution in [0.4, 0.5) is 0 Å². The van der Waals surface area contributed by atoms with Crippen LogP contribution in [-0.4, -0.2) is 22.6 Å². The van der Waals surface area contributed by atoms with Crippen LogP contribution in [0, 0.1) is 6.92 Å². The molecule has 0 aromatic carbocycles. The van der Waals surface area contributed by atoms with Gasteiger partial charge in [-0.2, -0.15) is 5.10 Å². The first-order chi connectivity index (χ1) is 5.74. The maximum absolute atomic E-state index is 11.2. The van der Waals surface area contributed by atoms with Crippen LogP contribution in [0.25, 0.3) is 0 Å². The Bertz CT molecular complexity index is 290. The second-order valence-electron chi connectivity index (χ2n) is 2.43. The summed E-state index contributed by atoms with van der Waals surface area (Å²) in [5, 5.41) is 9.11. The average molecular weight is 165 g/mol. The van der Waals surface area contributed by atoms with E-state index in [1.54, 1.807) is 12.1 Å². The molecule has 4 heteroatoms. The van der Waals surface area contributed by atoms with Crippen molar-refractivity contribution in [2.24, 2.45) is 0 Å². The molecule has 0 aliphatic rings. The summed E-state index contributed by atoms with van der Waals surface area (Å²) in [6.07, 6.45) is 1.62. The highest BCUT2D eigenvalue weighted by molar-refractivity contribution is 5.92. The minimum Gasteiger partial charge on any atom is -0.347 e. The van der Waals surface area contributed by atoms with Gasteiger partial charge in [0.25, 0.3) is 5.91 Å². The lowest BCUT2D eigenvalue weighted by atomic mass is 10.3. The molecule has 1 aromatic heterocycles. The van der Waals surface area contributed by atoms with Crippen molar-refractivity contribution in [1.82, 2.24) is 15.5 Å². The third kappa shape index (κ3) is 1.95. The Balaban J connectivity index is 2.59. The van der Waals surface area contributed by atoms with Gasteiger partial charge in [-0.1, -0.05) is 6.08 Å². The van der Waals surface area contributed by atoms with Crippen LogP contribution in [0.1, 0.15) is 16.2 Å². The van der Waals surface area contributed by atoms with E-state index < -0.39 is 0 Å². The molecule has 1 heterocycles. The smallest absolute Gasteiger partial charge is 0.272 e. The van der Waals surface area contributed by atoms with E-state index in [0.29, 0.717) is 12.2 Å². The molecule has 0 bridgehead atoms. The number of hydrogen-bond acceptors (Lipinski definition) is 2. The standard InChI is InChI=1S/C8H11N3O/c1-3-4-9-8(12)7-5-6(2)10-11-7/h3,5H,1,4H2,2H3,(H,9,12)(H,10,11). The van der Waals surface area contributed by atoms with E-state index in [1.807, 2.05) is 6.92 Å². The molecule has 0 spiro atoms. The third-order valence-corrected chi connectivity index (χ3v) is 1.35. The first-order valence-corrected chi connectivity index (χ1v) is 3.65. The van der Waals surface area contributed by atoms with Crippen molar-refractivity contribution in [2.75, 3.05) is 6.54 Å². The van der Waals surface area contributed by atoms with Crippen LogP contribution < -0.4 is 5.32 Å². The summed E-state index contributed by atoms with van der Waals surface area (Å²) < 4.78 is 0. The minimum atomic E-state index is -0.181. The molecule has 0 aliphatic heterocycles. The van der Waals surface area contributed by atoms with Crippen molar-refractivity contribution in [3.63, 3.8) is 0 Å². The van der Waals surface area contributed by atoms with Crippen LogP contribution >= 0.6 is 0 Å². The molecule has 0 fully saturated rings. The molecule has 1 aromatic rings. The minimum absolute atomic E-state index is 0.181. The van der Waals surface area contributed by atoms with Crippen LogP contribution in [0.3, 0.4) is 0 Å². The van der Waals surface area contributed by atoms with E-state index in [0.717, 1.165) is 5.69 Å². The Kier molecular flexibility index (Phi) is 2.63. The fraction of sp³-hybridized carbons (Fsp3) is 0.250. The second-order valence-corrected chi connectivity index (χ2v) is 2.43. The number of hydrogen-bond donors (Lipinski definition) is 2. The topological polar surface area (TPSA) is 57.8 Å². The lowest BCUT2D eigenvalue weighted by Gasteiger charge is -1.95. The summed E-state index contributed by atoms with van der Waals surface area (Å²) in [6.45, 7) is 5.80. The van der Waals surface area contributed by atoms with E-state index in [4.69, 9.17) is 0 Å².